The maximum atomic E-state index is 12.8. The summed E-state index contributed by atoms with van der Waals surface area (Å²) in [5.74, 6) is -1.15. The molecule has 2 aromatic carbocycles. The molecule has 0 bridgehead atoms. The van der Waals surface area contributed by atoms with Crippen molar-refractivity contribution in [2.24, 2.45) is 0 Å². The van der Waals surface area contributed by atoms with Gasteiger partial charge in [-0.25, -0.2) is 4.79 Å². The fourth-order valence-corrected chi connectivity index (χ4v) is 4.52. The highest BCUT2D eigenvalue weighted by molar-refractivity contribution is 7.14. The Bertz CT molecular complexity index is 1030. The van der Waals surface area contributed by atoms with Crippen molar-refractivity contribution in [1.82, 2.24) is 0 Å². The van der Waals surface area contributed by atoms with E-state index in [-0.39, 0.29) is 11.5 Å². The number of carbonyl (C=O) groups excluding carboxylic acids is 1. The molecule has 1 saturated carbocycles. The minimum atomic E-state index is -0.948. The van der Waals surface area contributed by atoms with E-state index >= 15 is 0 Å². The van der Waals surface area contributed by atoms with Crippen molar-refractivity contribution in [3.05, 3.63) is 71.1 Å². The molecule has 1 aliphatic rings. The topological polar surface area (TPSA) is 63.6 Å². The summed E-state index contributed by atoms with van der Waals surface area (Å²) in [5.41, 5.74) is 3.40. The maximum Gasteiger partial charge on any atom is 0.337 e. The first kappa shape index (κ1) is 18.4. The van der Waals surface area contributed by atoms with E-state index in [1.54, 1.807) is 11.4 Å². The normalized spacial score (nSPS) is 14.5. The molecule has 142 valence electrons. The van der Waals surface area contributed by atoms with Crippen LogP contribution in [0.2, 0.25) is 0 Å². The number of carboxylic acids is 1. The Labute approximate surface area is 167 Å². The molecule has 0 amide bonds. The summed E-state index contributed by atoms with van der Waals surface area (Å²) in [4.78, 5) is 25.0. The molecule has 3 aromatic rings. The summed E-state index contributed by atoms with van der Waals surface area (Å²) in [6.07, 6.45) is 1.48. The quantitative estimate of drug-likeness (QED) is 0.573. The highest BCUT2D eigenvalue weighted by Gasteiger charge is 2.54. The van der Waals surface area contributed by atoms with Crippen LogP contribution in [0.25, 0.3) is 21.6 Å². The van der Waals surface area contributed by atoms with Crippen LogP contribution in [0.1, 0.15) is 35.7 Å². The molecule has 0 saturated heterocycles. The Hall–Kier alpha value is -2.92. The van der Waals surface area contributed by atoms with Crippen LogP contribution in [0.3, 0.4) is 0 Å². The van der Waals surface area contributed by atoms with Gasteiger partial charge >= 0.3 is 11.9 Å². The molecule has 0 spiro atoms. The minimum Gasteiger partial charge on any atom is -0.478 e. The third-order valence-electron chi connectivity index (χ3n) is 5.19. The number of aromatic carboxylic acids is 1. The molecule has 0 atom stereocenters. The molecule has 28 heavy (non-hydrogen) atoms. The Morgan fingerprint density at radius 3 is 2.46 bits per heavy atom. The third kappa shape index (κ3) is 3.12. The number of hydrogen-bond donors (Lipinski definition) is 1. The average molecular weight is 392 g/mol. The Kier molecular flexibility index (Phi) is 4.77. The van der Waals surface area contributed by atoms with Gasteiger partial charge in [-0.15, -0.1) is 11.3 Å². The first-order valence-corrected chi connectivity index (χ1v) is 10.1. The van der Waals surface area contributed by atoms with Crippen LogP contribution in [0.5, 0.6) is 0 Å². The molecule has 1 N–H and O–H groups in total. The molecule has 4 nitrogen and oxygen atoms in total. The number of hydrogen-bond acceptors (Lipinski definition) is 4. The van der Waals surface area contributed by atoms with Crippen molar-refractivity contribution < 1.29 is 19.4 Å². The lowest BCUT2D eigenvalue weighted by molar-refractivity contribution is -0.146. The van der Waals surface area contributed by atoms with E-state index in [0.29, 0.717) is 11.5 Å². The summed E-state index contributed by atoms with van der Waals surface area (Å²) >= 11 is 1.39. The van der Waals surface area contributed by atoms with Gasteiger partial charge in [-0.3, -0.25) is 4.79 Å². The molecule has 0 unspecified atom stereocenters. The predicted octanol–water partition coefficient (Wildman–Crippen LogP) is 5.38. The SMILES string of the molecule is CCOC(=O)C1(c2cc(-c3sccc3C(=O)O)ccc2-c2ccccc2)CC1. The summed E-state index contributed by atoms with van der Waals surface area (Å²) in [7, 11) is 0. The molecule has 1 aliphatic carbocycles. The second-order valence-electron chi connectivity index (χ2n) is 6.90. The van der Waals surface area contributed by atoms with Crippen molar-refractivity contribution >= 4 is 23.3 Å². The van der Waals surface area contributed by atoms with Gasteiger partial charge in [-0.2, -0.15) is 0 Å². The van der Waals surface area contributed by atoms with Gasteiger partial charge in [0, 0.05) is 4.88 Å². The van der Waals surface area contributed by atoms with Crippen LogP contribution in [0, 0.1) is 0 Å². The van der Waals surface area contributed by atoms with Gasteiger partial charge in [0.1, 0.15) is 0 Å². The fourth-order valence-electron chi connectivity index (χ4n) is 3.63. The summed E-state index contributed by atoms with van der Waals surface area (Å²) in [5, 5.41) is 11.3. The molecule has 0 aliphatic heterocycles. The largest absolute Gasteiger partial charge is 0.478 e. The van der Waals surface area contributed by atoms with E-state index in [9.17, 15) is 14.7 Å². The zero-order valence-electron chi connectivity index (χ0n) is 15.5. The van der Waals surface area contributed by atoms with Crippen molar-refractivity contribution in [3.63, 3.8) is 0 Å². The molecule has 1 heterocycles. The Morgan fingerprint density at radius 2 is 1.82 bits per heavy atom. The molecule has 5 heteroatoms. The molecular weight excluding hydrogens is 372 g/mol. The van der Waals surface area contributed by atoms with Crippen LogP contribution in [0.4, 0.5) is 0 Å². The van der Waals surface area contributed by atoms with Gasteiger partial charge in [-0.05, 0) is 59.5 Å². The van der Waals surface area contributed by atoms with Crippen LogP contribution >= 0.6 is 11.3 Å². The lowest BCUT2D eigenvalue weighted by Gasteiger charge is -2.20. The Balaban J connectivity index is 1.89. The molecule has 4 rings (SSSR count). The van der Waals surface area contributed by atoms with Crippen molar-refractivity contribution in [2.45, 2.75) is 25.2 Å². The van der Waals surface area contributed by atoms with E-state index in [2.05, 4.69) is 0 Å². The highest BCUT2D eigenvalue weighted by atomic mass is 32.1. The van der Waals surface area contributed by atoms with Crippen molar-refractivity contribution in [3.8, 4) is 21.6 Å². The van der Waals surface area contributed by atoms with Gasteiger partial charge in [0.25, 0.3) is 0 Å². The maximum absolute atomic E-state index is 12.8. The number of carboxylic acid groups (broad SMARTS) is 1. The van der Waals surface area contributed by atoms with E-state index < -0.39 is 11.4 Å². The summed E-state index contributed by atoms with van der Waals surface area (Å²) < 4.78 is 5.38. The van der Waals surface area contributed by atoms with E-state index in [1.807, 2.05) is 55.5 Å². The Morgan fingerprint density at radius 1 is 1.07 bits per heavy atom. The number of benzene rings is 2. The third-order valence-corrected chi connectivity index (χ3v) is 6.16. The smallest absolute Gasteiger partial charge is 0.337 e. The van der Waals surface area contributed by atoms with E-state index in [0.717, 1.165) is 35.1 Å². The molecule has 1 aromatic heterocycles. The lowest BCUT2D eigenvalue weighted by Crippen LogP contribution is -2.24. The molecular formula is C23H20O4S. The number of ether oxygens (including phenoxy) is 1. The van der Waals surface area contributed by atoms with Gasteiger partial charge in [0.05, 0.1) is 17.6 Å². The van der Waals surface area contributed by atoms with E-state index in [1.165, 1.54) is 11.3 Å². The van der Waals surface area contributed by atoms with Crippen LogP contribution in [0.15, 0.2) is 60.0 Å². The predicted molar refractivity (Wildman–Crippen MR) is 110 cm³/mol. The molecule has 0 radical (unpaired) electrons. The highest BCUT2D eigenvalue weighted by Crippen LogP contribution is 2.53. The molecule has 1 fully saturated rings. The first-order chi connectivity index (χ1) is 13.6. The summed E-state index contributed by atoms with van der Waals surface area (Å²) in [6, 6.07) is 17.5. The van der Waals surface area contributed by atoms with Crippen molar-refractivity contribution in [1.29, 1.82) is 0 Å². The minimum absolute atomic E-state index is 0.200. The number of thiophene rings is 1. The first-order valence-electron chi connectivity index (χ1n) is 9.25. The second-order valence-corrected chi connectivity index (χ2v) is 7.81. The average Bonchev–Trinajstić information content (AvgIpc) is 3.37. The number of carbonyl (C=O) groups is 2. The number of esters is 1. The zero-order chi connectivity index (χ0) is 19.7. The van der Waals surface area contributed by atoms with Gasteiger partial charge in [-0.1, -0.05) is 42.5 Å². The van der Waals surface area contributed by atoms with Gasteiger partial charge in [0.15, 0.2) is 0 Å². The van der Waals surface area contributed by atoms with Gasteiger partial charge in [0.2, 0.25) is 0 Å². The zero-order valence-corrected chi connectivity index (χ0v) is 16.3. The monoisotopic (exact) mass is 392 g/mol. The standard InChI is InChI=1S/C23H20O4S/c1-2-27-22(26)23(11-12-23)19-14-16(20-18(21(24)25)10-13-28-20)8-9-17(19)15-6-4-3-5-7-15/h3-10,13-14H,2,11-12H2,1H3,(H,24,25). The van der Waals surface area contributed by atoms with Crippen LogP contribution in [-0.4, -0.2) is 23.7 Å². The van der Waals surface area contributed by atoms with E-state index in [4.69, 9.17) is 4.74 Å². The van der Waals surface area contributed by atoms with Gasteiger partial charge < -0.3 is 9.84 Å². The second kappa shape index (κ2) is 7.24. The summed E-state index contributed by atoms with van der Waals surface area (Å²) in [6.45, 7) is 2.16. The van der Waals surface area contributed by atoms with Crippen molar-refractivity contribution in [2.75, 3.05) is 6.61 Å². The van der Waals surface area contributed by atoms with Crippen LogP contribution in [-0.2, 0) is 14.9 Å². The fraction of sp³-hybridized carbons (Fsp3) is 0.217. The number of rotatable bonds is 6. The lowest BCUT2D eigenvalue weighted by atomic mass is 9.86. The van der Waals surface area contributed by atoms with Crippen LogP contribution < -0.4 is 0 Å².